The molecule has 0 saturated heterocycles. The lowest BCUT2D eigenvalue weighted by Gasteiger charge is -2.34. The molecule has 37 heavy (non-hydrogen) atoms. The van der Waals surface area contributed by atoms with Crippen LogP contribution in [0.15, 0.2) is 79.5 Å². The van der Waals surface area contributed by atoms with Crippen LogP contribution >= 0.6 is 0 Å². The number of aromatic nitrogens is 2. The molecule has 2 aliphatic heterocycles. The van der Waals surface area contributed by atoms with E-state index in [1.54, 1.807) is 0 Å². The number of hydrogen-bond acceptors (Lipinski definition) is 0. The summed E-state index contributed by atoms with van der Waals surface area (Å²) < 4.78 is 4.85. The van der Waals surface area contributed by atoms with Crippen LogP contribution in [-0.4, -0.2) is 15.7 Å². The van der Waals surface area contributed by atoms with Crippen LogP contribution in [-0.2, 0) is 0 Å². The Hall–Kier alpha value is -4.24. The molecule has 4 heterocycles. The molecule has 6 aromatic rings. The first kappa shape index (κ1) is 20.9. The van der Waals surface area contributed by atoms with Crippen molar-refractivity contribution in [3.63, 3.8) is 0 Å². The molecule has 0 fully saturated rings. The monoisotopic (exact) mass is 474 g/mol. The molecule has 0 bridgehead atoms. The van der Waals surface area contributed by atoms with Gasteiger partial charge < -0.3 is 4.40 Å². The topological polar surface area (TPSA) is 9.34 Å². The Balaban J connectivity index is 1.66. The van der Waals surface area contributed by atoms with Crippen molar-refractivity contribution in [1.29, 1.82) is 0 Å². The normalized spacial score (nSPS) is 13.6. The van der Waals surface area contributed by atoms with Gasteiger partial charge in [-0.1, -0.05) is 66.6 Å². The van der Waals surface area contributed by atoms with E-state index in [9.17, 15) is 0 Å². The molecule has 0 saturated carbocycles. The summed E-state index contributed by atoms with van der Waals surface area (Å²) in [4.78, 5) is 0. The smallest absolute Gasteiger partial charge is 0.251 e. The van der Waals surface area contributed by atoms with Gasteiger partial charge in [0.25, 0.3) is 6.71 Å². The summed E-state index contributed by atoms with van der Waals surface area (Å²) in [6.45, 7) is 13.3. The summed E-state index contributed by atoms with van der Waals surface area (Å²) in [5.74, 6) is 0. The van der Waals surface area contributed by atoms with Crippen LogP contribution in [0.4, 0.5) is 0 Å². The SMILES string of the molecule is C=Cc1cn2c(C)c(/C(C)=C\C)c3c2n1-c1cc(C)cc2c1B3c1cccc3c1c-2cc1ccccc13. The van der Waals surface area contributed by atoms with E-state index in [1.807, 2.05) is 6.08 Å². The second-order valence-corrected chi connectivity index (χ2v) is 10.7. The Bertz CT molecular complexity index is 2050. The lowest BCUT2D eigenvalue weighted by molar-refractivity contribution is 1.08. The molecule has 0 atom stereocenters. The highest BCUT2D eigenvalue weighted by Gasteiger charge is 2.42. The third kappa shape index (κ3) is 2.38. The van der Waals surface area contributed by atoms with Crippen molar-refractivity contribution < 1.29 is 0 Å². The minimum Gasteiger partial charge on any atom is -0.305 e. The Labute approximate surface area is 217 Å². The van der Waals surface area contributed by atoms with Crippen molar-refractivity contribution >= 4 is 61.9 Å². The molecule has 0 radical (unpaired) electrons. The van der Waals surface area contributed by atoms with Gasteiger partial charge >= 0.3 is 0 Å². The Morgan fingerprint density at radius 1 is 0.919 bits per heavy atom. The maximum Gasteiger partial charge on any atom is 0.251 e. The fraction of sp³-hybridized carbons (Fsp3) is 0.118. The summed E-state index contributed by atoms with van der Waals surface area (Å²) in [6, 6.07) is 23.0. The average molecular weight is 474 g/mol. The summed E-state index contributed by atoms with van der Waals surface area (Å²) in [6.07, 6.45) is 6.52. The molecule has 0 amide bonds. The molecule has 8 rings (SSSR count). The van der Waals surface area contributed by atoms with Crippen LogP contribution in [0.25, 0.3) is 55.7 Å². The molecule has 0 N–H and O–H groups in total. The van der Waals surface area contributed by atoms with Crippen LogP contribution in [0.1, 0.15) is 36.4 Å². The number of imidazole rings is 1. The highest BCUT2D eigenvalue weighted by Crippen LogP contribution is 2.40. The summed E-state index contributed by atoms with van der Waals surface area (Å²) in [5, 5.41) is 5.38. The second kappa shape index (κ2) is 6.95. The van der Waals surface area contributed by atoms with Crippen molar-refractivity contribution in [3.05, 3.63) is 102 Å². The lowest BCUT2D eigenvalue weighted by Crippen LogP contribution is -2.59. The van der Waals surface area contributed by atoms with E-state index in [1.165, 1.54) is 82.8 Å². The van der Waals surface area contributed by atoms with E-state index in [2.05, 4.69) is 116 Å². The van der Waals surface area contributed by atoms with Gasteiger partial charge in [-0.2, -0.15) is 0 Å². The number of allylic oxidation sites excluding steroid dienone is 2. The third-order valence-corrected chi connectivity index (χ3v) is 8.87. The van der Waals surface area contributed by atoms with Gasteiger partial charge in [0, 0.05) is 17.6 Å². The largest absolute Gasteiger partial charge is 0.305 e. The third-order valence-electron chi connectivity index (χ3n) is 8.87. The molecule has 0 unspecified atom stereocenters. The number of hydrogen-bond donors (Lipinski definition) is 0. The molecule has 0 spiro atoms. The summed E-state index contributed by atoms with van der Waals surface area (Å²) in [7, 11) is 0. The lowest BCUT2D eigenvalue weighted by atomic mass is 9.32. The van der Waals surface area contributed by atoms with Gasteiger partial charge in [0.05, 0.1) is 5.69 Å². The van der Waals surface area contributed by atoms with Crippen molar-refractivity contribution in [2.45, 2.75) is 27.7 Å². The van der Waals surface area contributed by atoms with Gasteiger partial charge in [0.2, 0.25) is 0 Å². The van der Waals surface area contributed by atoms with Crippen LogP contribution < -0.4 is 16.4 Å². The Morgan fingerprint density at radius 2 is 1.73 bits per heavy atom. The van der Waals surface area contributed by atoms with Crippen molar-refractivity contribution in [2.24, 2.45) is 0 Å². The van der Waals surface area contributed by atoms with Crippen LogP contribution in [0.3, 0.4) is 0 Å². The minimum atomic E-state index is 0.177. The van der Waals surface area contributed by atoms with Gasteiger partial charge in [-0.3, -0.25) is 4.57 Å². The van der Waals surface area contributed by atoms with E-state index < -0.39 is 0 Å². The standard InChI is InChI=1S/C34H27BN2/c1-6-20(4)30-21(5)36-18-23(7-2)37-29-16-19(3)15-27-26-17-22-11-8-9-12-24(22)25-13-10-14-28(31(25)26)35(32(27)29)33(30)34(36)37/h6-18H,2H2,1,3-5H3/b20-6-. The van der Waals surface area contributed by atoms with Gasteiger partial charge in [-0.15, -0.1) is 0 Å². The Kier molecular flexibility index (Phi) is 3.93. The zero-order valence-corrected chi connectivity index (χ0v) is 21.7. The maximum absolute atomic E-state index is 4.20. The molecular weight excluding hydrogens is 447 g/mol. The zero-order valence-electron chi connectivity index (χ0n) is 21.7. The van der Waals surface area contributed by atoms with Gasteiger partial charge in [0.1, 0.15) is 5.65 Å². The van der Waals surface area contributed by atoms with Crippen LogP contribution in [0, 0.1) is 13.8 Å². The van der Waals surface area contributed by atoms with E-state index in [0.717, 1.165) is 5.69 Å². The molecule has 176 valence electrons. The predicted molar refractivity (Wildman–Crippen MR) is 161 cm³/mol. The van der Waals surface area contributed by atoms with Crippen molar-refractivity contribution in [3.8, 4) is 16.8 Å². The first-order valence-electron chi connectivity index (χ1n) is 13.1. The highest BCUT2D eigenvalue weighted by atomic mass is 15.1. The molecular formula is C34H27BN2. The van der Waals surface area contributed by atoms with Crippen LogP contribution in [0.2, 0.25) is 0 Å². The number of rotatable bonds is 2. The van der Waals surface area contributed by atoms with Gasteiger partial charge in [0.15, 0.2) is 0 Å². The highest BCUT2D eigenvalue weighted by molar-refractivity contribution is 7.01. The molecule has 2 nitrogen and oxygen atoms in total. The summed E-state index contributed by atoms with van der Waals surface area (Å²) in [5.41, 5.74) is 16.0. The maximum atomic E-state index is 4.20. The van der Waals surface area contributed by atoms with Crippen molar-refractivity contribution in [1.82, 2.24) is 8.97 Å². The number of benzene rings is 4. The van der Waals surface area contributed by atoms with Gasteiger partial charge in [-0.05, 0) is 106 Å². The second-order valence-electron chi connectivity index (χ2n) is 10.7. The van der Waals surface area contributed by atoms with E-state index in [0.29, 0.717) is 0 Å². The van der Waals surface area contributed by atoms with Gasteiger partial charge in [-0.25, -0.2) is 0 Å². The summed E-state index contributed by atoms with van der Waals surface area (Å²) >= 11 is 0. The predicted octanol–water partition coefficient (Wildman–Crippen LogP) is 6.53. The zero-order chi connectivity index (χ0) is 25.2. The van der Waals surface area contributed by atoms with E-state index in [4.69, 9.17) is 0 Å². The fourth-order valence-corrected chi connectivity index (χ4v) is 7.32. The number of fused-ring (bicyclic) bond motifs is 6. The number of nitrogens with zero attached hydrogens (tertiary/aromatic N) is 2. The average Bonchev–Trinajstić information content (AvgIpc) is 3.44. The molecule has 2 aliphatic rings. The van der Waals surface area contributed by atoms with E-state index in [-0.39, 0.29) is 6.71 Å². The fourth-order valence-electron chi connectivity index (χ4n) is 7.32. The van der Waals surface area contributed by atoms with E-state index >= 15 is 0 Å². The molecule has 4 aromatic carbocycles. The van der Waals surface area contributed by atoms with Crippen LogP contribution in [0.5, 0.6) is 0 Å². The minimum absolute atomic E-state index is 0.177. The quantitative estimate of drug-likeness (QED) is 0.199. The Morgan fingerprint density at radius 3 is 2.54 bits per heavy atom. The molecule has 2 aromatic heterocycles. The molecule has 0 aliphatic carbocycles. The molecule has 3 heteroatoms. The first-order valence-corrected chi connectivity index (χ1v) is 13.1. The first-order chi connectivity index (χ1) is 18.0. The number of aryl methyl sites for hydroxylation is 2. The van der Waals surface area contributed by atoms with Crippen molar-refractivity contribution in [2.75, 3.05) is 0 Å².